The van der Waals surface area contributed by atoms with E-state index in [1.165, 1.54) is 7.11 Å². The Balaban J connectivity index is 2.72. The van der Waals surface area contributed by atoms with Crippen LogP contribution in [0.4, 0.5) is 0 Å². The average Bonchev–Trinajstić information content (AvgIpc) is 2.55. The molecule has 0 unspecified atom stereocenters. The first kappa shape index (κ1) is 14.7. The zero-order valence-electron chi connectivity index (χ0n) is 11.6. The van der Waals surface area contributed by atoms with Crippen molar-refractivity contribution in [3.05, 3.63) is 23.2 Å². The van der Waals surface area contributed by atoms with Crippen molar-refractivity contribution < 1.29 is 19.1 Å². The van der Waals surface area contributed by atoms with Crippen LogP contribution in [0.5, 0.6) is 0 Å². The summed E-state index contributed by atoms with van der Waals surface area (Å²) in [6.07, 6.45) is 0. The number of esters is 1. The van der Waals surface area contributed by atoms with E-state index in [1.807, 2.05) is 18.0 Å². The molecule has 0 aliphatic rings. The molecular formula is C13H21NO4. The summed E-state index contributed by atoms with van der Waals surface area (Å²) in [7, 11) is 3.21. The third-order valence-electron chi connectivity index (χ3n) is 2.42. The van der Waals surface area contributed by atoms with Gasteiger partial charge in [0.25, 0.3) is 0 Å². The summed E-state index contributed by atoms with van der Waals surface area (Å²) in [5, 5.41) is 9.71. The Kier molecular flexibility index (Phi) is 4.53. The van der Waals surface area contributed by atoms with E-state index in [0.717, 1.165) is 5.56 Å². The molecule has 0 fully saturated rings. The highest BCUT2D eigenvalue weighted by Crippen LogP contribution is 2.17. The molecule has 0 saturated heterocycles. The molecule has 0 saturated carbocycles. The van der Waals surface area contributed by atoms with Crippen molar-refractivity contribution >= 4 is 5.97 Å². The van der Waals surface area contributed by atoms with Gasteiger partial charge < -0.3 is 14.3 Å². The van der Waals surface area contributed by atoms with Gasteiger partial charge >= 0.3 is 5.97 Å². The summed E-state index contributed by atoms with van der Waals surface area (Å²) >= 11 is 0. The van der Waals surface area contributed by atoms with Gasteiger partial charge in [-0.1, -0.05) is 0 Å². The minimum Gasteiger partial charge on any atom is -0.463 e. The van der Waals surface area contributed by atoms with Crippen LogP contribution in [0.2, 0.25) is 0 Å². The Labute approximate surface area is 107 Å². The molecule has 0 aromatic carbocycles. The molecule has 102 valence electrons. The highest BCUT2D eigenvalue weighted by molar-refractivity contribution is 5.87. The van der Waals surface area contributed by atoms with Crippen molar-refractivity contribution in [1.29, 1.82) is 0 Å². The zero-order valence-corrected chi connectivity index (χ0v) is 11.6. The van der Waals surface area contributed by atoms with E-state index in [4.69, 9.17) is 4.42 Å². The van der Waals surface area contributed by atoms with Crippen LogP contribution in [0.25, 0.3) is 0 Å². The van der Waals surface area contributed by atoms with Crippen molar-refractivity contribution in [2.75, 3.05) is 20.7 Å². The normalized spacial score (nSPS) is 11.9. The number of likely N-dealkylation sites (N-methyl/N-ethyl adjacent to an activating group) is 1. The smallest absolute Gasteiger partial charge is 0.374 e. The van der Waals surface area contributed by atoms with Gasteiger partial charge in [-0.2, -0.15) is 0 Å². The summed E-state index contributed by atoms with van der Waals surface area (Å²) < 4.78 is 10.1. The fourth-order valence-electron chi connectivity index (χ4n) is 1.90. The standard InChI is InChI=1S/C13H21NO4/c1-9-6-10(18-11(9)12(15)17-5)7-14(4)8-13(2,3)16/h6,16H,7-8H2,1-5H3. The highest BCUT2D eigenvalue weighted by Gasteiger charge is 2.19. The lowest BCUT2D eigenvalue weighted by Gasteiger charge is -2.24. The number of ether oxygens (including phenoxy) is 1. The lowest BCUT2D eigenvalue weighted by molar-refractivity contribution is 0.0399. The van der Waals surface area contributed by atoms with Gasteiger partial charge in [-0.15, -0.1) is 0 Å². The number of aliphatic hydroxyl groups is 1. The van der Waals surface area contributed by atoms with E-state index in [2.05, 4.69) is 4.74 Å². The maximum absolute atomic E-state index is 11.4. The quantitative estimate of drug-likeness (QED) is 0.809. The van der Waals surface area contributed by atoms with Gasteiger partial charge in [-0.25, -0.2) is 4.79 Å². The Morgan fingerprint density at radius 3 is 2.67 bits per heavy atom. The minimum atomic E-state index is -0.762. The van der Waals surface area contributed by atoms with Crippen LogP contribution in [0.1, 0.15) is 35.7 Å². The number of methoxy groups -OCH3 is 1. The van der Waals surface area contributed by atoms with Crippen molar-refractivity contribution in [1.82, 2.24) is 4.90 Å². The summed E-state index contributed by atoms with van der Waals surface area (Å²) in [5.41, 5.74) is -0.00446. The fourth-order valence-corrected chi connectivity index (χ4v) is 1.90. The number of rotatable bonds is 5. The van der Waals surface area contributed by atoms with Crippen LogP contribution in [-0.2, 0) is 11.3 Å². The molecule has 0 atom stereocenters. The average molecular weight is 255 g/mol. The molecule has 1 heterocycles. The summed E-state index contributed by atoms with van der Waals surface area (Å²) in [6, 6.07) is 1.81. The molecule has 0 amide bonds. The molecule has 1 rings (SSSR count). The molecule has 0 spiro atoms. The van der Waals surface area contributed by atoms with Crippen molar-refractivity contribution in [3.8, 4) is 0 Å². The molecule has 1 aromatic heterocycles. The second-order valence-electron chi connectivity index (χ2n) is 5.20. The van der Waals surface area contributed by atoms with Gasteiger partial charge in [-0.3, -0.25) is 4.90 Å². The number of carbonyl (C=O) groups is 1. The fraction of sp³-hybridized carbons (Fsp3) is 0.615. The van der Waals surface area contributed by atoms with Crippen LogP contribution < -0.4 is 0 Å². The molecule has 5 nitrogen and oxygen atoms in total. The SMILES string of the molecule is COC(=O)c1oc(CN(C)CC(C)(C)O)cc1C. The van der Waals surface area contributed by atoms with Crippen molar-refractivity contribution in [2.45, 2.75) is 32.9 Å². The first-order chi connectivity index (χ1) is 8.23. The molecule has 18 heavy (non-hydrogen) atoms. The highest BCUT2D eigenvalue weighted by atomic mass is 16.5. The Bertz CT molecular complexity index is 417. The number of furan rings is 1. The van der Waals surface area contributed by atoms with E-state index in [9.17, 15) is 9.90 Å². The predicted octanol–water partition coefficient (Wildman–Crippen LogP) is 1.58. The maximum atomic E-state index is 11.4. The van der Waals surface area contributed by atoms with Crippen LogP contribution >= 0.6 is 0 Å². The minimum absolute atomic E-state index is 0.240. The molecule has 0 aliphatic carbocycles. The molecule has 1 aromatic rings. The van der Waals surface area contributed by atoms with Gasteiger partial charge in [0.15, 0.2) is 0 Å². The first-order valence-corrected chi connectivity index (χ1v) is 5.81. The summed E-state index contributed by atoms with van der Waals surface area (Å²) in [6.45, 7) is 6.34. The second-order valence-corrected chi connectivity index (χ2v) is 5.20. The first-order valence-electron chi connectivity index (χ1n) is 5.81. The zero-order chi connectivity index (χ0) is 13.9. The monoisotopic (exact) mass is 255 g/mol. The van der Waals surface area contributed by atoms with Gasteiger partial charge in [0, 0.05) is 12.1 Å². The van der Waals surface area contributed by atoms with Gasteiger partial charge in [0.05, 0.1) is 19.3 Å². The number of hydrogen-bond donors (Lipinski definition) is 1. The van der Waals surface area contributed by atoms with E-state index >= 15 is 0 Å². The van der Waals surface area contributed by atoms with E-state index in [-0.39, 0.29) is 5.76 Å². The Hall–Kier alpha value is -1.33. The van der Waals surface area contributed by atoms with Crippen LogP contribution in [0.3, 0.4) is 0 Å². The van der Waals surface area contributed by atoms with E-state index in [0.29, 0.717) is 18.8 Å². The van der Waals surface area contributed by atoms with Crippen molar-refractivity contribution in [2.24, 2.45) is 0 Å². The van der Waals surface area contributed by atoms with Crippen LogP contribution in [0.15, 0.2) is 10.5 Å². The van der Waals surface area contributed by atoms with Crippen LogP contribution in [-0.4, -0.2) is 42.3 Å². The van der Waals surface area contributed by atoms with Gasteiger partial charge in [0.2, 0.25) is 5.76 Å². The molecule has 0 bridgehead atoms. The number of aryl methyl sites for hydroxylation is 1. The van der Waals surface area contributed by atoms with Crippen LogP contribution in [0, 0.1) is 6.92 Å². The number of carbonyl (C=O) groups excluding carboxylic acids is 1. The van der Waals surface area contributed by atoms with Gasteiger partial charge in [-0.05, 0) is 33.9 Å². The number of nitrogens with zero attached hydrogens (tertiary/aromatic N) is 1. The molecular weight excluding hydrogens is 234 g/mol. The van der Waals surface area contributed by atoms with E-state index in [1.54, 1.807) is 20.8 Å². The van der Waals surface area contributed by atoms with E-state index < -0.39 is 11.6 Å². The topological polar surface area (TPSA) is 62.9 Å². The summed E-state index contributed by atoms with van der Waals surface area (Å²) in [5.74, 6) is 0.452. The second kappa shape index (κ2) is 5.54. The lowest BCUT2D eigenvalue weighted by atomic mass is 10.1. The predicted molar refractivity (Wildman–Crippen MR) is 67.4 cm³/mol. The Morgan fingerprint density at radius 1 is 1.56 bits per heavy atom. The molecule has 5 heteroatoms. The Morgan fingerprint density at radius 2 is 2.17 bits per heavy atom. The molecule has 0 radical (unpaired) electrons. The third-order valence-corrected chi connectivity index (χ3v) is 2.42. The van der Waals surface area contributed by atoms with Crippen molar-refractivity contribution in [3.63, 3.8) is 0 Å². The summed E-state index contributed by atoms with van der Waals surface area (Å²) in [4.78, 5) is 13.3. The molecule has 1 N–H and O–H groups in total. The van der Waals surface area contributed by atoms with Gasteiger partial charge in [0.1, 0.15) is 5.76 Å². The lowest BCUT2D eigenvalue weighted by Crippen LogP contribution is -2.35. The molecule has 0 aliphatic heterocycles. The maximum Gasteiger partial charge on any atom is 0.374 e. The third kappa shape index (κ3) is 4.16. The largest absolute Gasteiger partial charge is 0.463 e. The number of hydrogen-bond acceptors (Lipinski definition) is 5.